The largest absolute Gasteiger partial charge is 0.496 e. The van der Waals surface area contributed by atoms with Gasteiger partial charge in [0.05, 0.1) is 13.7 Å². The predicted octanol–water partition coefficient (Wildman–Crippen LogP) is 2.46. The molecule has 0 unspecified atom stereocenters. The molecule has 3 nitrogen and oxygen atoms in total. The van der Waals surface area contributed by atoms with Crippen molar-refractivity contribution in [3.8, 4) is 5.75 Å². The maximum Gasteiger partial charge on any atom is 0.123 e. The molecule has 2 rings (SSSR count). The topological polar surface area (TPSA) is 34.4 Å². The van der Waals surface area contributed by atoms with Crippen molar-refractivity contribution in [1.82, 2.24) is 4.57 Å². The number of hydrogen-bond acceptors (Lipinski definition) is 2. The Labute approximate surface area is 102 Å². The van der Waals surface area contributed by atoms with E-state index in [-0.39, 0.29) is 12.0 Å². The molecule has 1 aromatic heterocycles. The van der Waals surface area contributed by atoms with Gasteiger partial charge in [0.15, 0.2) is 0 Å². The molecule has 0 atom stereocenters. The lowest BCUT2D eigenvalue weighted by molar-refractivity contribution is 0.215. The van der Waals surface area contributed by atoms with Crippen molar-refractivity contribution in [2.45, 2.75) is 19.3 Å². The zero-order valence-electron chi connectivity index (χ0n) is 10.8. The van der Waals surface area contributed by atoms with Crippen molar-refractivity contribution < 1.29 is 9.84 Å². The summed E-state index contributed by atoms with van der Waals surface area (Å²) in [4.78, 5) is 0. The molecule has 0 aliphatic carbocycles. The number of aryl methyl sites for hydroxylation is 1. The van der Waals surface area contributed by atoms with E-state index in [9.17, 15) is 5.11 Å². The van der Waals surface area contributed by atoms with Crippen LogP contribution in [0.1, 0.15) is 19.4 Å². The molecule has 17 heavy (non-hydrogen) atoms. The van der Waals surface area contributed by atoms with Gasteiger partial charge in [0, 0.05) is 35.1 Å². The van der Waals surface area contributed by atoms with Crippen LogP contribution in [0.2, 0.25) is 0 Å². The molecule has 0 aliphatic heterocycles. The molecule has 0 radical (unpaired) electrons. The van der Waals surface area contributed by atoms with Gasteiger partial charge >= 0.3 is 0 Å². The van der Waals surface area contributed by atoms with Crippen LogP contribution >= 0.6 is 0 Å². The first-order valence-electron chi connectivity index (χ1n) is 5.74. The van der Waals surface area contributed by atoms with Gasteiger partial charge in [-0.15, -0.1) is 0 Å². The molecule has 3 heteroatoms. The number of ether oxygens (including phenoxy) is 1. The van der Waals surface area contributed by atoms with Gasteiger partial charge in [0.2, 0.25) is 0 Å². The minimum absolute atomic E-state index is 0.0965. The minimum Gasteiger partial charge on any atom is -0.496 e. The molecule has 2 aromatic rings. The molecular weight excluding hydrogens is 214 g/mol. The first kappa shape index (κ1) is 12.0. The zero-order valence-corrected chi connectivity index (χ0v) is 10.8. The number of rotatable bonds is 3. The zero-order chi connectivity index (χ0) is 12.6. The molecule has 1 aromatic carbocycles. The average molecular weight is 233 g/mol. The van der Waals surface area contributed by atoms with E-state index in [0.717, 1.165) is 22.2 Å². The molecule has 0 aliphatic rings. The van der Waals surface area contributed by atoms with Crippen molar-refractivity contribution >= 4 is 10.9 Å². The Morgan fingerprint density at radius 1 is 1.35 bits per heavy atom. The first-order chi connectivity index (χ1) is 7.99. The first-order valence-corrected chi connectivity index (χ1v) is 5.74. The van der Waals surface area contributed by atoms with Crippen LogP contribution < -0.4 is 4.74 Å². The number of aliphatic hydroxyl groups is 1. The fraction of sp³-hybridized carbons (Fsp3) is 0.429. The monoisotopic (exact) mass is 233 g/mol. The Balaban J connectivity index is 2.71. The molecule has 0 bridgehead atoms. The van der Waals surface area contributed by atoms with E-state index in [1.807, 2.05) is 33.2 Å². The van der Waals surface area contributed by atoms with Crippen LogP contribution in [0.5, 0.6) is 5.75 Å². The van der Waals surface area contributed by atoms with E-state index in [4.69, 9.17) is 4.74 Å². The Bertz CT molecular complexity index is 540. The number of aliphatic hydroxyl groups excluding tert-OH is 1. The molecule has 0 spiro atoms. The van der Waals surface area contributed by atoms with Crippen LogP contribution in [0.4, 0.5) is 0 Å². The Morgan fingerprint density at radius 2 is 2.06 bits per heavy atom. The van der Waals surface area contributed by atoms with E-state index >= 15 is 0 Å². The lowest BCUT2D eigenvalue weighted by Gasteiger charge is -2.25. The van der Waals surface area contributed by atoms with Gasteiger partial charge in [0.1, 0.15) is 5.75 Å². The Hall–Kier alpha value is -1.48. The summed E-state index contributed by atoms with van der Waals surface area (Å²) in [6, 6.07) is 6.19. The summed E-state index contributed by atoms with van der Waals surface area (Å²) < 4.78 is 7.51. The average Bonchev–Trinajstić information content (AvgIpc) is 2.69. The molecule has 0 saturated heterocycles. The van der Waals surface area contributed by atoms with E-state index in [2.05, 4.69) is 16.7 Å². The van der Waals surface area contributed by atoms with Crippen LogP contribution in [0.3, 0.4) is 0 Å². The summed E-state index contributed by atoms with van der Waals surface area (Å²) in [6.45, 7) is 4.12. The second-order valence-electron chi connectivity index (χ2n) is 5.08. The van der Waals surface area contributed by atoms with Crippen LogP contribution in [0.25, 0.3) is 10.9 Å². The van der Waals surface area contributed by atoms with Gasteiger partial charge in [-0.3, -0.25) is 0 Å². The van der Waals surface area contributed by atoms with Crippen LogP contribution in [0, 0.1) is 0 Å². The number of aromatic nitrogens is 1. The normalized spacial score (nSPS) is 12.1. The maximum absolute atomic E-state index is 9.50. The highest BCUT2D eigenvalue weighted by molar-refractivity contribution is 5.83. The quantitative estimate of drug-likeness (QED) is 0.883. The Kier molecular flexibility index (Phi) is 2.87. The van der Waals surface area contributed by atoms with Crippen LogP contribution in [-0.2, 0) is 12.5 Å². The fourth-order valence-corrected chi connectivity index (χ4v) is 2.08. The van der Waals surface area contributed by atoms with Crippen molar-refractivity contribution in [1.29, 1.82) is 0 Å². The van der Waals surface area contributed by atoms with Crippen molar-refractivity contribution in [3.05, 3.63) is 30.0 Å². The van der Waals surface area contributed by atoms with Crippen molar-refractivity contribution in [3.63, 3.8) is 0 Å². The van der Waals surface area contributed by atoms with E-state index in [1.165, 1.54) is 0 Å². The summed E-state index contributed by atoms with van der Waals surface area (Å²) in [7, 11) is 3.69. The molecular formula is C14H19NO2. The highest BCUT2D eigenvalue weighted by Crippen LogP contribution is 2.35. The van der Waals surface area contributed by atoms with E-state index < -0.39 is 0 Å². The standard InChI is InChI=1S/C14H19NO2/c1-14(2,9-16)11-8-12-10(5-6-15(12)3)7-13(11)17-4/h5-8,16H,9H2,1-4H3. The third kappa shape index (κ3) is 1.91. The molecule has 0 amide bonds. The SMILES string of the molecule is COc1cc2ccn(C)c2cc1C(C)(C)CO. The van der Waals surface area contributed by atoms with Crippen molar-refractivity contribution in [2.75, 3.05) is 13.7 Å². The molecule has 1 N–H and O–H groups in total. The van der Waals surface area contributed by atoms with E-state index in [0.29, 0.717) is 0 Å². The number of methoxy groups -OCH3 is 1. The predicted molar refractivity (Wildman–Crippen MR) is 69.6 cm³/mol. The third-order valence-corrected chi connectivity index (χ3v) is 3.33. The highest BCUT2D eigenvalue weighted by atomic mass is 16.5. The molecule has 1 heterocycles. The van der Waals surface area contributed by atoms with Crippen molar-refractivity contribution in [2.24, 2.45) is 7.05 Å². The summed E-state index contributed by atoms with van der Waals surface area (Å²) in [5.74, 6) is 0.836. The molecule has 92 valence electrons. The van der Waals surface area contributed by atoms with Crippen LogP contribution in [0.15, 0.2) is 24.4 Å². The summed E-state index contributed by atoms with van der Waals surface area (Å²) >= 11 is 0. The number of hydrogen-bond donors (Lipinski definition) is 1. The van der Waals surface area contributed by atoms with Crippen LogP contribution in [-0.4, -0.2) is 23.4 Å². The van der Waals surface area contributed by atoms with Gasteiger partial charge in [-0.2, -0.15) is 0 Å². The second-order valence-corrected chi connectivity index (χ2v) is 5.08. The highest BCUT2D eigenvalue weighted by Gasteiger charge is 2.24. The lowest BCUT2D eigenvalue weighted by Crippen LogP contribution is -2.23. The van der Waals surface area contributed by atoms with Gasteiger partial charge < -0.3 is 14.4 Å². The second kappa shape index (κ2) is 4.08. The summed E-state index contributed by atoms with van der Waals surface area (Å²) in [5.41, 5.74) is 1.89. The Morgan fingerprint density at radius 3 is 2.65 bits per heavy atom. The number of fused-ring (bicyclic) bond motifs is 1. The van der Waals surface area contributed by atoms with Gasteiger partial charge in [-0.25, -0.2) is 0 Å². The number of nitrogens with zero attached hydrogens (tertiary/aromatic N) is 1. The molecule has 0 fully saturated rings. The smallest absolute Gasteiger partial charge is 0.123 e. The molecule has 0 saturated carbocycles. The van der Waals surface area contributed by atoms with Gasteiger partial charge in [-0.05, 0) is 18.2 Å². The number of benzene rings is 1. The maximum atomic E-state index is 9.50. The third-order valence-electron chi connectivity index (χ3n) is 3.33. The van der Waals surface area contributed by atoms with Gasteiger partial charge in [-0.1, -0.05) is 13.8 Å². The summed E-state index contributed by atoms with van der Waals surface area (Å²) in [6.07, 6.45) is 2.03. The minimum atomic E-state index is -0.302. The van der Waals surface area contributed by atoms with Gasteiger partial charge in [0.25, 0.3) is 0 Å². The van der Waals surface area contributed by atoms with E-state index in [1.54, 1.807) is 7.11 Å². The fourth-order valence-electron chi connectivity index (χ4n) is 2.08. The summed E-state index contributed by atoms with van der Waals surface area (Å²) in [5, 5.41) is 10.7. The lowest BCUT2D eigenvalue weighted by atomic mass is 9.84.